The van der Waals surface area contributed by atoms with Crippen LogP contribution in [0.3, 0.4) is 0 Å². The lowest BCUT2D eigenvalue weighted by atomic mass is 10.1. The van der Waals surface area contributed by atoms with E-state index in [1.54, 1.807) is 7.11 Å². The zero-order valence-electron chi connectivity index (χ0n) is 5.63. The fraction of sp³-hybridized carbons (Fsp3) is 0.375. The molecule has 0 amide bonds. The molecule has 1 aliphatic rings. The van der Waals surface area contributed by atoms with Gasteiger partial charge in [0.15, 0.2) is 0 Å². The van der Waals surface area contributed by atoms with E-state index in [1.165, 1.54) is 5.57 Å². The Morgan fingerprint density at radius 1 is 1.67 bits per heavy atom. The van der Waals surface area contributed by atoms with Gasteiger partial charge in [0.2, 0.25) is 0 Å². The van der Waals surface area contributed by atoms with Crippen LogP contribution in [-0.4, -0.2) is 13.7 Å². The molecule has 0 spiro atoms. The fourth-order valence-corrected chi connectivity index (χ4v) is 0.836. The van der Waals surface area contributed by atoms with Crippen LogP contribution < -0.4 is 0 Å². The van der Waals surface area contributed by atoms with Crippen LogP contribution in [0.5, 0.6) is 0 Å². The second-order valence-electron chi connectivity index (χ2n) is 2.05. The van der Waals surface area contributed by atoms with Crippen LogP contribution >= 0.6 is 0 Å². The summed E-state index contributed by atoms with van der Waals surface area (Å²) >= 11 is 0. The Balaban J connectivity index is 2.38. The van der Waals surface area contributed by atoms with Crippen molar-refractivity contribution in [3.63, 3.8) is 0 Å². The molecule has 0 atom stereocenters. The van der Waals surface area contributed by atoms with Crippen molar-refractivity contribution >= 4 is 0 Å². The lowest BCUT2D eigenvalue weighted by Crippen LogP contribution is -1.93. The lowest BCUT2D eigenvalue weighted by molar-refractivity contribution is 0.228. The van der Waals surface area contributed by atoms with Gasteiger partial charge in [-0.3, -0.25) is 0 Å². The molecule has 0 aromatic carbocycles. The van der Waals surface area contributed by atoms with E-state index < -0.39 is 0 Å². The van der Waals surface area contributed by atoms with Crippen LogP contribution in [-0.2, 0) is 4.74 Å². The number of allylic oxidation sites excluding steroid dienone is 2. The minimum Gasteiger partial charge on any atom is -0.380 e. The van der Waals surface area contributed by atoms with Crippen LogP contribution in [0.15, 0.2) is 23.8 Å². The van der Waals surface area contributed by atoms with Gasteiger partial charge in [0, 0.05) is 7.11 Å². The largest absolute Gasteiger partial charge is 0.380 e. The molecule has 0 aliphatic heterocycles. The molecule has 0 heterocycles. The second kappa shape index (κ2) is 3.46. The van der Waals surface area contributed by atoms with Crippen LogP contribution in [0.25, 0.3) is 0 Å². The molecular formula is C8H11O. The topological polar surface area (TPSA) is 9.23 Å². The molecule has 1 aliphatic carbocycles. The van der Waals surface area contributed by atoms with Crippen molar-refractivity contribution in [2.24, 2.45) is 0 Å². The summed E-state index contributed by atoms with van der Waals surface area (Å²) in [7, 11) is 1.71. The molecule has 49 valence electrons. The third-order valence-corrected chi connectivity index (χ3v) is 1.25. The summed E-state index contributed by atoms with van der Waals surface area (Å²) in [6.45, 7) is 0.729. The van der Waals surface area contributed by atoms with Crippen LogP contribution in [0.1, 0.15) is 6.42 Å². The molecule has 1 radical (unpaired) electrons. The highest BCUT2D eigenvalue weighted by molar-refractivity contribution is 5.27. The van der Waals surface area contributed by atoms with Gasteiger partial charge in [0.05, 0.1) is 6.61 Å². The van der Waals surface area contributed by atoms with E-state index in [2.05, 4.69) is 24.6 Å². The van der Waals surface area contributed by atoms with Crippen LogP contribution in [0, 0.1) is 6.42 Å². The zero-order chi connectivity index (χ0) is 6.53. The third-order valence-electron chi connectivity index (χ3n) is 1.25. The Hall–Kier alpha value is -0.560. The van der Waals surface area contributed by atoms with Crippen LogP contribution in [0.2, 0.25) is 0 Å². The molecule has 1 heteroatoms. The molecule has 0 N–H and O–H groups in total. The van der Waals surface area contributed by atoms with Gasteiger partial charge in [-0.15, -0.1) is 0 Å². The van der Waals surface area contributed by atoms with Crippen molar-refractivity contribution in [3.05, 3.63) is 30.2 Å². The van der Waals surface area contributed by atoms with Gasteiger partial charge in [-0.05, 0) is 18.4 Å². The van der Waals surface area contributed by atoms with E-state index in [1.807, 2.05) is 0 Å². The number of ether oxygens (including phenoxy) is 1. The summed E-state index contributed by atoms with van der Waals surface area (Å²) in [5, 5.41) is 0. The smallest absolute Gasteiger partial charge is 0.0710 e. The van der Waals surface area contributed by atoms with Gasteiger partial charge in [0.25, 0.3) is 0 Å². The Morgan fingerprint density at radius 2 is 2.56 bits per heavy atom. The first kappa shape index (κ1) is 6.56. The second-order valence-corrected chi connectivity index (χ2v) is 2.05. The molecule has 0 bridgehead atoms. The third kappa shape index (κ3) is 2.02. The average molecular weight is 123 g/mol. The maximum atomic E-state index is 4.94. The summed E-state index contributed by atoms with van der Waals surface area (Å²) in [5.41, 5.74) is 1.25. The lowest BCUT2D eigenvalue weighted by Gasteiger charge is -2.03. The number of hydrogen-bond acceptors (Lipinski definition) is 1. The molecule has 9 heavy (non-hydrogen) atoms. The van der Waals surface area contributed by atoms with Crippen molar-refractivity contribution in [1.29, 1.82) is 0 Å². The molecule has 0 unspecified atom stereocenters. The first-order valence-corrected chi connectivity index (χ1v) is 3.11. The van der Waals surface area contributed by atoms with Gasteiger partial charge < -0.3 is 4.74 Å². The van der Waals surface area contributed by atoms with Gasteiger partial charge in [0.1, 0.15) is 0 Å². The number of hydrogen-bond donors (Lipinski definition) is 0. The fourth-order valence-electron chi connectivity index (χ4n) is 0.836. The van der Waals surface area contributed by atoms with E-state index in [4.69, 9.17) is 4.74 Å². The molecule has 1 rings (SSSR count). The molecule has 0 fully saturated rings. The Kier molecular flexibility index (Phi) is 2.52. The highest BCUT2D eigenvalue weighted by Crippen LogP contribution is 2.07. The van der Waals surface area contributed by atoms with Gasteiger partial charge in [-0.2, -0.15) is 0 Å². The zero-order valence-corrected chi connectivity index (χ0v) is 5.63. The van der Waals surface area contributed by atoms with Crippen LogP contribution in [0.4, 0.5) is 0 Å². The average Bonchev–Trinajstić information content (AvgIpc) is 1.91. The number of methoxy groups -OCH3 is 1. The Bertz CT molecular complexity index is 134. The van der Waals surface area contributed by atoms with Crippen molar-refractivity contribution in [1.82, 2.24) is 0 Å². The van der Waals surface area contributed by atoms with E-state index in [0.717, 1.165) is 13.0 Å². The summed E-state index contributed by atoms with van der Waals surface area (Å²) in [4.78, 5) is 0. The quantitative estimate of drug-likeness (QED) is 0.543. The molecule has 0 aromatic rings. The first-order chi connectivity index (χ1) is 4.43. The highest BCUT2D eigenvalue weighted by Gasteiger charge is 1.94. The van der Waals surface area contributed by atoms with Crippen molar-refractivity contribution < 1.29 is 4.74 Å². The van der Waals surface area contributed by atoms with E-state index in [9.17, 15) is 0 Å². The monoisotopic (exact) mass is 123 g/mol. The Labute approximate surface area is 56.0 Å². The van der Waals surface area contributed by atoms with Gasteiger partial charge >= 0.3 is 0 Å². The predicted octanol–water partition coefficient (Wildman–Crippen LogP) is 1.72. The van der Waals surface area contributed by atoms with Gasteiger partial charge in [-0.1, -0.05) is 18.2 Å². The summed E-state index contributed by atoms with van der Waals surface area (Å²) in [6.07, 6.45) is 9.53. The predicted molar refractivity (Wildman–Crippen MR) is 38.0 cm³/mol. The van der Waals surface area contributed by atoms with Gasteiger partial charge in [-0.25, -0.2) is 0 Å². The summed E-state index contributed by atoms with van der Waals surface area (Å²) in [6, 6.07) is 0. The molecule has 0 aromatic heterocycles. The minimum atomic E-state index is 0.729. The van der Waals surface area contributed by atoms with E-state index >= 15 is 0 Å². The highest BCUT2D eigenvalue weighted by atomic mass is 16.5. The van der Waals surface area contributed by atoms with Crippen molar-refractivity contribution in [2.45, 2.75) is 6.42 Å². The molecule has 0 saturated carbocycles. The van der Waals surface area contributed by atoms with E-state index in [-0.39, 0.29) is 0 Å². The maximum Gasteiger partial charge on any atom is 0.0710 e. The number of rotatable bonds is 2. The normalized spacial score (nSPS) is 17.7. The minimum absolute atomic E-state index is 0.729. The maximum absolute atomic E-state index is 4.94. The molecule has 0 saturated heterocycles. The van der Waals surface area contributed by atoms with E-state index in [0.29, 0.717) is 0 Å². The van der Waals surface area contributed by atoms with Crippen molar-refractivity contribution in [3.8, 4) is 0 Å². The first-order valence-electron chi connectivity index (χ1n) is 3.11. The molecular weight excluding hydrogens is 112 g/mol. The van der Waals surface area contributed by atoms with Crippen molar-refractivity contribution in [2.75, 3.05) is 13.7 Å². The summed E-state index contributed by atoms with van der Waals surface area (Å²) < 4.78 is 4.94. The Morgan fingerprint density at radius 3 is 3.11 bits per heavy atom. The molecule has 1 nitrogen and oxygen atoms in total. The standard InChI is InChI=1S/C8H11O/c1-9-7-8-5-3-2-4-6-8/h3-6H,2,7H2,1H3. The summed E-state index contributed by atoms with van der Waals surface area (Å²) in [5.74, 6) is 0. The SMILES string of the molecule is COCC1=C[CH]CC=C1.